The van der Waals surface area contributed by atoms with Gasteiger partial charge in [-0.05, 0) is 84.8 Å². The molecule has 2 aromatic heterocycles. The number of aromatic nitrogens is 2. The molecule has 0 radical (unpaired) electrons. The Kier molecular flexibility index (Phi) is 9.18. The van der Waals surface area contributed by atoms with Gasteiger partial charge in [-0.25, -0.2) is 14.6 Å². The maximum absolute atomic E-state index is 12.3. The van der Waals surface area contributed by atoms with Gasteiger partial charge in [0, 0.05) is 28.9 Å². The fourth-order valence-electron chi connectivity index (χ4n) is 4.11. The van der Waals surface area contributed by atoms with Crippen LogP contribution in [0.5, 0.6) is 17.2 Å². The molecule has 0 aliphatic rings. The molecule has 1 amide bonds. The topological polar surface area (TPSA) is 101 Å². The summed E-state index contributed by atoms with van der Waals surface area (Å²) in [4.78, 5) is 29.1. The van der Waals surface area contributed by atoms with Gasteiger partial charge in [-0.15, -0.1) is 0 Å². The average molecular weight is 658 g/mol. The van der Waals surface area contributed by atoms with Gasteiger partial charge in [0.15, 0.2) is 0 Å². The van der Waals surface area contributed by atoms with Gasteiger partial charge in [-0.1, -0.05) is 24.3 Å². The molecule has 4 aromatic rings. The number of hydrogen-bond donors (Lipinski definition) is 1. The highest BCUT2D eigenvalue weighted by atomic mass is 127. The van der Waals surface area contributed by atoms with Gasteiger partial charge in [0.25, 0.3) is 0 Å². The molecule has 4 rings (SSSR count). The molecule has 2 heterocycles. The number of amides is 1. The summed E-state index contributed by atoms with van der Waals surface area (Å²) in [7, 11) is 2.93. The van der Waals surface area contributed by atoms with E-state index < -0.39 is 23.7 Å². The van der Waals surface area contributed by atoms with E-state index >= 15 is 0 Å². The molecule has 9 nitrogen and oxygen atoms in total. The number of hydrogen-bond acceptors (Lipinski definition) is 7. The number of rotatable bonds is 9. The molecular weight excluding hydrogens is 625 g/mol. The molecule has 0 aliphatic heterocycles. The molecule has 1 unspecified atom stereocenters. The van der Waals surface area contributed by atoms with E-state index in [0.717, 1.165) is 31.5 Å². The van der Waals surface area contributed by atoms with Crippen molar-refractivity contribution in [3.63, 3.8) is 0 Å². The third-order valence-corrected chi connectivity index (χ3v) is 6.77. The second-order valence-corrected chi connectivity index (χ2v) is 11.3. The highest BCUT2D eigenvalue weighted by Crippen LogP contribution is 2.34. The van der Waals surface area contributed by atoms with E-state index in [1.165, 1.54) is 7.11 Å². The van der Waals surface area contributed by atoms with Crippen LogP contribution < -0.4 is 14.8 Å². The lowest BCUT2D eigenvalue weighted by molar-refractivity contribution is -0.143. The van der Waals surface area contributed by atoms with Crippen molar-refractivity contribution in [1.82, 2.24) is 14.9 Å². The number of carbonyl (C=O) groups is 2. The first-order valence-electron chi connectivity index (χ1n) is 12.7. The fourth-order valence-corrected chi connectivity index (χ4v) is 4.96. The van der Waals surface area contributed by atoms with E-state index in [4.69, 9.17) is 18.9 Å². The van der Waals surface area contributed by atoms with Crippen LogP contribution in [0.15, 0.2) is 67.0 Å². The summed E-state index contributed by atoms with van der Waals surface area (Å²) in [6.45, 7) is 5.93. The quantitative estimate of drug-likeness (QED) is 0.172. The van der Waals surface area contributed by atoms with Crippen LogP contribution in [0.3, 0.4) is 0 Å². The highest BCUT2D eigenvalue weighted by molar-refractivity contribution is 14.1. The number of halogens is 1. The SMILES string of the molecule is COC(=O)C(Cc1ccc(Oc2ccnc3c2c(I)cn3Cc2ccc(OC)cc2)cc1)NC(=O)OC(C)(C)C. The summed E-state index contributed by atoms with van der Waals surface area (Å²) in [5.41, 5.74) is 2.09. The largest absolute Gasteiger partial charge is 0.497 e. The molecule has 2 aromatic carbocycles. The van der Waals surface area contributed by atoms with Crippen molar-refractivity contribution in [2.45, 2.75) is 45.4 Å². The maximum atomic E-state index is 12.3. The van der Waals surface area contributed by atoms with Gasteiger partial charge in [-0.2, -0.15) is 0 Å². The van der Waals surface area contributed by atoms with E-state index in [2.05, 4.69) is 43.7 Å². The third-order valence-electron chi connectivity index (χ3n) is 5.95. The molecular formula is C30H32IN3O6. The lowest BCUT2D eigenvalue weighted by Gasteiger charge is -2.22. The Morgan fingerprint density at radius 1 is 0.975 bits per heavy atom. The predicted octanol–water partition coefficient (Wildman–Crippen LogP) is 6.10. The summed E-state index contributed by atoms with van der Waals surface area (Å²) in [6.07, 6.45) is 3.34. The van der Waals surface area contributed by atoms with Crippen LogP contribution in [0.25, 0.3) is 11.0 Å². The standard InChI is InChI=1S/C30H32IN3O6/c1-30(2,3)40-29(36)33-24(28(35)38-5)16-19-6-12-22(13-7-19)39-25-14-15-32-27-26(25)23(31)18-34(27)17-20-8-10-21(37-4)11-9-20/h6-15,18,24H,16-17H2,1-5H3,(H,33,36). The molecule has 0 bridgehead atoms. The summed E-state index contributed by atoms with van der Waals surface area (Å²) in [5, 5.41) is 3.52. The minimum atomic E-state index is -0.890. The number of methoxy groups -OCH3 is 2. The van der Waals surface area contributed by atoms with Crippen molar-refractivity contribution in [2.24, 2.45) is 0 Å². The number of fused-ring (bicyclic) bond motifs is 1. The summed E-state index contributed by atoms with van der Waals surface area (Å²) in [6, 6.07) is 16.3. The second-order valence-electron chi connectivity index (χ2n) is 10.1. The molecule has 0 spiro atoms. The smallest absolute Gasteiger partial charge is 0.408 e. The number of esters is 1. The number of alkyl carbamates (subject to hydrolysis) is 1. The number of carbonyl (C=O) groups excluding carboxylic acids is 2. The van der Waals surface area contributed by atoms with Crippen LogP contribution in [0.2, 0.25) is 0 Å². The van der Waals surface area contributed by atoms with Crippen LogP contribution in [-0.2, 0) is 27.2 Å². The summed E-state index contributed by atoms with van der Waals surface area (Å²) in [5.74, 6) is 1.58. The first-order valence-corrected chi connectivity index (χ1v) is 13.7. The molecule has 0 aliphatic carbocycles. The zero-order valence-electron chi connectivity index (χ0n) is 23.1. The van der Waals surface area contributed by atoms with Gasteiger partial charge in [0.1, 0.15) is 34.5 Å². The highest BCUT2D eigenvalue weighted by Gasteiger charge is 2.25. The number of benzene rings is 2. The van der Waals surface area contributed by atoms with E-state index in [9.17, 15) is 9.59 Å². The Morgan fingerprint density at radius 3 is 2.25 bits per heavy atom. The monoisotopic (exact) mass is 657 g/mol. The molecule has 1 N–H and O–H groups in total. The van der Waals surface area contributed by atoms with E-state index in [1.807, 2.05) is 54.6 Å². The number of ether oxygens (including phenoxy) is 4. The molecule has 40 heavy (non-hydrogen) atoms. The van der Waals surface area contributed by atoms with Crippen LogP contribution in [0, 0.1) is 3.57 Å². The molecule has 1 atom stereocenters. The lowest BCUT2D eigenvalue weighted by Crippen LogP contribution is -2.45. The Hall–Kier alpha value is -3.80. The van der Waals surface area contributed by atoms with Crippen LogP contribution in [0.1, 0.15) is 31.9 Å². The Morgan fingerprint density at radius 2 is 1.62 bits per heavy atom. The molecule has 0 saturated heterocycles. The zero-order chi connectivity index (χ0) is 28.9. The zero-order valence-corrected chi connectivity index (χ0v) is 25.2. The van der Waals surface area contributed by atoms with Gasteiger partial charge in [-0.3, -0.25) is 0 Å². The average Bonchev–Trinajstić information content (AvgIpc) is 3.24. The van der Waals surface area contributed by atoms with Crippen molar-refractivity contribution in [1.29, 1.82) is 0 Å². The van der Waals surface area contributed by atoms with Crippen molar-refractivity contribution in [3.8, 4) is 17.2 Å². The second kappa shape index (κ2) is 12.6. The maximum Gasteiger partial charge on any atom is 0.408 e. The minimum Gasteiger partial charge on any atom is -0.497 e. The Balaban J connectivity index is 1.48. The van der Waals surface area contributed by atoms with Gasteiger partial charge in [0.05, 0.1) is 19.6 Å². The first-order chi connectivity index (χ1) is 19.1. The third kappa shape index (κ3) is 7.44. The normalized spacial score (nSPS) is 12.1. The Bertz CT molecular complexity index is 1480. The predicted molar refractivity (Wildman–Crippen MR) is 160 cm³/mol. The van der Waals surface area contributed by atoms with Crippen LogP contribution in [-0.4, -0.2) is 47.5 Å². The number of nitrogens with one attached hydrogen (secondary N) is 1. The molecule has 0 saturated carbocycles. The summed E-state index contributed by atoms with van der Waals surface area (Å²) < 4.78 is 24.8. The van der Waals surface area contributed by atoms with Gasteiger partial charge < -0.3 is 28.8 Å². The van der Waals surface area contributed by atoms with Crippen molar-refractivity contribution in [2.75, 3.05) is 14.2 Å². The minimum absolute atomic E-state index is 0.234. The van der Waals surface area contributed by atoms with Crippen LogP contribution >= 0.6 is 22.6 Å². The van der Waals surface area contributed by atoms with Gasteiger partial charge >= 0.3 is 12.1 Å². The van der Waals surface area contributed by atoms with E-state index in [0.29, 0.717) is 18.0 Å². The van der Waals surface area contributed by atoms with Crippen molar-refractivity contribution in [3.05, 3.63) is 81.7 Å². The fraction of sp³-hybridized carbons (Fsp3) is 0.300. The van der Waals surface area contributed by atoms with Crippen molar-refractivity contribution >= 4 is 45.7 Å². The lowest BCUT2D eigenvalue weighted by atomic mass is 10.1. The molecule has 210 valence electrons. The first kappa shape index (κ1) is 29.2. The van der Waals surface area contributed by atoms with Crippen molar-refractivity contribution < 1.29 is 28.5 Å². The van der Waals surface area contributed by atoms with Gasteiger partial charge in [0.2, 0.25) is 0 Å². The summed E-state index contributed by atoms with van der Waals surface area (Å²) >= 11 is 2.30. The van der Waals surface area contributed by atoms with E-state index in [-0.39, 0.29) is 6.42 Å². The Labute approximate surface area is 246 Å². The number of nitrogens with zero attached hydrogens (tertiary/aromatic N) is 2. The van der Waals surface area contributed by atoms with E-state index in [1.54, 1.807) is 34.1 Å². The van der Waals surface area contributed by atoms with Crippen LogP contribution in [0.4, 0.5) is 4.79 Å². The molecule has 10 heteroatoms. The number of pyridine rings is 1. The molecule has 0 fully saturated rings.